The Labute approximate surface area is 173 Å². The lowest BCUT2D eigenvalue weighted by Crippen LogP contribution is -2.47. The Bertz CT molecular complexity index is 865. The van der Waals surface area contributed by atoms with E-state index in [1.165, 1.54) is 0 Å². The summed E-state index contributed by atoms with van der Waals surface area (Å²) in [6.45, 7) is 12.1. The van der Waals surface area contributed by atoms with Crippen LogP contribution in [0.1, 0.15) is 56.1 Å². The van der Waals surface area contributed by atoms with Gasteiger partial charge in [0.05, 0.1) is 12.8 Å². The van der Waals surface area contributed by atoms with Crippen molar-refractivity contribution < 1.29 is 14.3 Å². The SMILES string of the molecule is COc1ccc(C)cc1NC(=O)[C@@H](NC(=O)c1ccc(C(C)(C)C)cc1)C(C)C. The average Bonchev–Trinajstić information content (AvgIpc) is 2.65. The lowest BCUT2D eigenvalue weighted by Gasteiger charge is -2.23. The highest BCUT2D eigenvalue weighted by atomic mass is 16.5. The van der Waals surface area contributed by atoms with Gasteiger partial charge in [-0.25, -0.2) is 0 Å². The van der Waals surface area contributed by atoms with Gasteiger partial charge in [0.25, 0.3) is 5.91 Å². The molecule has 0 saturated heterocycles. The molecule has 0 spiro atoms. The van der Waals surface area contributed by atoms with Crippen LogP contribution in [0.5, 0.6) is 5.75 Å². The Morgan fingerprint density at radius 1 is 1.00 bits per heavy atom. The molecule has 0 radical (unpaired) electrons. The molecule has 0 fully saturated rings. The van der Waals surface area contributed by atoms with Gasteiger partial charge in [0.15, 0.2) is 0 Å². The second-order valence-electron chi connectivity index (χ2n) is 8.72. The lowest BCUT2D eigenvalue weighted by atomic mass is 9.86. The van der Waals surface area contributed by atoms with Crippen LogP contribution in [0.2, 0.25) is 0 Å². The summed E-state index contributed by atoms with van der Waals surface area (Å²) >= 11 is 0. The fourth-order valence-electron chi connectivity index (χ4n) is 3.01. The number of ether oxygens (including phenoxy) is 1. The summed E-state index contributed by atoms with van der Waals surface area (Å²) in [5.74, 6) is -0.0433. The third-order valence-corrected chi connectivity index (χ3v) is 4.86. The Balaban J connectivity index is 2.16. The van der Waals surface area contributed by atoms with Gasteiger partial charge in [-0.15, -0.1) is 0 Å². The zero-order valence-electron chi connectivity index (χ0n) is 18.4. The normalized spacial score (nSPS) is 12.4. The van der Waals surface area contributed by atoms with Gasteiger partial charge in [0, 0.05) is 5.56 Å². The molecular formula is C24H32N2O3. The van der Waals surface area contributed by atoms with Crippen molar-refractivity contribution in [1.29, 1.82) is 0 Å². The fraction of sp³-hybridized carbons (Fsp3) is 0.417. The molecule has 29 heavy (non-hydrogen) atoms. The number of anilines is 1. The minimum Gasteiger partial charge on any atom is -0.495 e. The molecule has 0 aliphatic carbocycles. The topological polar surface area (TPSA) is 67.4 Å². The number of amides is 2. The molecule has 0 aromatic heterocycles. The highest BCUT2D eigenvalue weighted by Crippen LogP contribution is 2.26. The number of carbonyl (C=O) groups is 2. The number of methoxy groups -OCH3 is 1. The number of nitrogens with one attached hydrogen (secondary N) is 2. The predicted molar refractivity (Wildman–Crippen MR) is 118 cm³/mol. The van der Waals surface area contributed by atoms with Crippen molar-refractivity contribution in [3.63, 3.8) is 0 Å². The van der Waals surface area contributed by atoms with E-state index in [1.807, 2.05) is 51.1 Å². The number of benzene rings is 2. The van der Waals surface area contributed by atoms with Crippen LogP contribution >= 0.6 is 0 Å². The number of hydrogen-bond donors (Lipinski definition) is 2. The quantitative estimate of drug-likeness (QED) is 0.744. The molecule has 2 aromatic carbocycles. The molecule has 0 bridgehead atoms. The van der Waals surface area contributed by atoms with E-state index in [0.717, 1.165) is 11.1 Å². The Hall–Kier alpha value is -2.82. The van der Waals surface area contributed by atoms with Crippen LogP contribution in [-0.2, 0) is 10.2 Å². The van der Waals surface area contributed by atoms with Gasteiger partial charge in [0.2, 0.25) is 5.91 Å². The number of carbonyl (C=O) groups excluding carboxylic acids is 2. The predicted octanol–water partition coefficient (Wildman–Crippen LogP) is 4.69. The highest BCUT2D eigenvalue weighted by Gasteiger charge is 2.26. The van der Waals surface area contributed by atoms with Gasteiger partial charge in [-0.05, 0) is 53.6 Å². The van der Waals surface area contributed by atoms with E-state index in [9.17, 15) is 9.59 Å². The van der Waals surface area contributed by atoms with Crippen LogP contribution in [0.4, 0.5) is 5.69 Å². The monoisotopic (exact) mass is 396 g/mol. The van der Waals surface area contributed by atoms with Crippen molar-refractivity contribution in [3.8, 4) is 5.75 Å². The van der Waals surface area contributed by atoms with E-state index >= 15 is 0 Å². The van der Waals surface area contributed by atoms with Crippen LogP contribution < -0.4 is 15.4 Å². The van der Waals surface area contributed by atoms with Crippen LogP contribution in [0, 0.1) is 12.8 Å². The van der Waals surface area contributed by atoms with E-state index in [0.29, 0.717) is 17.0 Å². The standard InChI is InChI=1S/C24H32N2O3/c1-15(2)21(23(28)25-19-14-16(3)8-13-20(19)29-7)26-22(27)17-9-11-18(12-10-17)24(4,5)6/h8-15,21H,1-7H3,(H,25,28)(H,26,27)/t21-/m0/s1. The molecule has 5 heteroatoms. The maximum absolute atomic E-state index is 12.9. The molecule has 0 unspecified atom stereocenters. The van der Waals surface area contributed by atoms with Crippen molar-refractivity contribution in [3.05, 3.63) is 59.2 Å². The minimum atomic E-state index is -0.671. The van der Waals surface area contributed by atoms with Crippen molar-refractivity contribution in [2.24, 2.45) is 5.92 Å². The van der Waals surface area contributed by atoms with E-state index < -0.39 is 6.04 Å². The maximum atomic E-state index is 12.9. The highest BCUT2D eigenvalue weighted by molar-refractivity contribution is 6.01. The molecular weight excluding hydrogens is 364 g/mol. The Morgan fingerprint density at radius 3 is 2.14 bits per heavy atom. The van der Waals surface area contributed by atoms with Crippen LogP contribution in [0.25, 0.3) is 0 Å². The first-order valence-corrected chi connectivity index (χ1v) is 9.90. The summed E-state index contributed by atoms with van der Waals surface area (Å²) in [5, 5.41) is 5.76. The summed E-state index contributed by atoms with van der Waals surface area (Å²) < 4.78 is 5.33. The second kappa shape index (κ2) is 9.12. The molecule has 0 heterocycles. The summed E-state index contributed by atoms with van der Waals surface area (Å²) in [7, 11) is 1.56. The third kappa shape index (κ3) is 5.83. The molecule has 2 amide bonds. The molecule has 2 aromatic rings. The first-order chi connectivity index (χ1) is 13.5. The summed E-state index contributed by atoms with van der Waals surface area (Å²) in [4.78, 5) is 25.6. The summed E-state index contributed by atoms with van der Waals surface area (Å²) in [6, 6.07) is 12.4. The average molecular weight is 397 g/mol. The van der Waals surface area contributed by atoms with Gasteiger partial charge in [-0.1, -0.05) is 52.8 Å². The van der Waals surface area contributed by atoms with E-state index in [-0.39, 0.29) is 23.1 Å². The number of hydrogen-bond acceptors (Lipinski definition) is 3. The number of aryl methyl sites for hydroxylation is 1. The molecule has 0 saturated carbocycles. The van der Waals surface area contributed by atoms with Crippen molar-refractivity contribution in [2.75, 3.05) is 12.4 Å². The van der Waals surface area contributed by atoms with Crippen LogP contribution in [0.3, 0.4) is 0 Å². The molecule has 1 atom stereocenters. The van der Waals surface area contributed by atoms with Crippen LogP contribution in [-0.4, -0.2) is 25.0 Å². The summed E-state index contributed by atoms with van der Waals surface area (Å²) in [6.07, 6.45) is 0. The van der Waals surface area contributed by atoms with Crippen molar-refractivity contribution in [2.45, 2.75) is 53.0 Å². The van der Waals surface area contributed by atoms with Crippen molar-refractivity contribution in [1.82, 2.24) is 5.32 Å². The first kappa shape index (κ1) is 22.5. The van der Waals surface area contributed by atoms with Crippen molar-refractivity contribution >= 4 is 17.5 Å². The van der Waals surface area contributed by atoms with E-state index in [2.05, 4.69) is 31.4 Å². The third-order valence-electron chi connectivity index (χ3n) is 4.86. The zero-order chi connectivity index (χ0) is 21.8. The van der Waals surface area contributed by atoms with E-state index in [1.54, 1.807) is 19.2 Å². The van der Waals surface area contributed by atoms with Crippen LogP contribution in [0.15, 0.2) is 42.5 Å². The fourth-order valence-corrected chi connectivity index (χ4v) is 3.01. The molecule has 5 nitrogen and oxygen atoms in total. The van der Waals surface area contributed by atoms with E-state index in [4.69, 9.17) is 4.74 Å². The molecule has 2 rings (SSSR count). The minimum absolute atomic E-state index is 0.0161. The van der Waals surface area contributed by atoms with Gasteiger partial charge >= 0.3 is 0 Å². The van der Waals surface area contributed by atoms with Gasteiger partial charge in [-0.2, -0.15) is 0 Å². The van der Waals surface area contributed by atoms with Gasteiger partial charge < -0.3 is 15.4 Å². The zero-order valence-corrected chi connectivity index (χ0v) is 18.4. The largest absolute Gasteiger partial charge is 0.495 e. The molecule has 2 N–H and O–H groups in total. The van der Waals surface area contributed by atoms with Gasteiger partial charge in [-0.3, -0.25) is 9.59 Å². The Kier molecular flexibility index (Phi) is 7.07. The first-order valence-electron chi connectivity index (χ1n) is 9.90. The lowest BCUT2D eigenvalue weighted by molar-refractivity contribution is -0.118. The second-order valence-corrected chi connectivity index (χ2v) is 8.72. The smallest absolute Gasteiger partial charge is 0.251 e. The number of rotatable bonds is 6. The molecule has 156 valence electrons. The molecule has 0 aliphatic rings. The Morgan fingerprint density at radius 2 is 1.62 bits per heavy atom. The molecule has 0 aliphatic heterocycles. The van der Waals surface area contributed by atoms with Gasteiger partial charge in [0.1, 0.15) is 11.8 Å². The maximum Gasteiger partial charge on any atom is 0.251 e. The summed E-state index contributed by atoms with van der Waals surface area (Å²) in [5.41, 5.74) is 3.29.